The van der Waals surface area contributed by atoms with Crippen LogP contribution in [-0.2, 0) is 13.0 Å². The molecule has 7 rings (SSSR count). The molecule has 4 aromatic carbocycles. The zero-order chi connectivity index (χ0) is 27.9. The molecule has 7 heteroatoms. The minimum Gasteiger partial charge on any atom is -0.489 e. The summed E-state index contributed by atoms with van der Waals surface area (Å²) in [4.78, 5) is 19.6. The van der Waals surface area contributed by atoms with Crippen LogP contribution in [0.4, 0.5) is 4.39 Å². The third-order valence-corrected chi connectivity index (χ3v) is 8.77. The molecule has 0 bridgehead atoms. The van der Waals surface area contributed by atoms with E-state index in [-0.39, 0.29) is 17.4 Å². The van der Waals surface area contributed by atoms with Gasteiger partial charge < -0.3 is 4.74 Å². The van der Waals surface area contributed by atoms with Crippen LogP contribution in [-0.4, -0.2) is 4.57 Å². The molecule has 2 heterocycles. The Balaban J connectivity index is 1.30. The van der Waals surface area contributed by atoms with Crippen molar-refractivity contribution < 1.29 is 9.13 Å². The van der Waals surface area contributed by atoms with Gasteiger partial charge in [-0.05, 0) is 83.1 Å². The second kappa shape index (κ2) is 10.6. The first-order chi connectivity index (χ1) is 20.0. The van der Waals surface area contributed by atoms with Crippen LogP contribution in [0.1, 0.15) is 40.3 Å². The normalized spacial score (nSPS) is 16.0. The molecule has 0 saturated heterocycles. The molecule has 1 atom stereocenters. The van der Waals surface area contributed by atoms with Crippen molar-refractivity contribution in [2.75, 3.05) is 0 Å². The lowest BCUT2D eigenvalue weighted by Crippen LogP contribution is -2.38. The number of fused-ring (bicyclic) bond motifs is 3. The third-order valence-electron chi connectivity index (χ3n) is 7.53. The predicted molar refractivity (Wildman–Crippen MR) is 161 cm³/mol. The van der Waals surface area contributed by atoms with E-state index in [4.69, 9.17) is 21.3 Å². The van der Waals surface area contributed by atoms with Crippen molar-refractivity contribution in [3.8, 4) is 5.75 Å². The fourth-order valence-electron chi connectivity index (χ4n) is 5.56. The van der Waals surface area contributed by atoms with Crippen LogP contribution in [0.15, 0.2) is 112 Å². The molecular weight excluding hydrogens is 555 g/mol. The topological polar surface area (TPSA) is 43.6 Å². The van der Waals surface area contributed by atoms with Crippen LogP contribution in [0.25, 0.3) is 11.8 Å². The average molecular weight is 579 g/mol. The van der Waals surface area contributed by atoms with Crippen LogP contribution in [0.5, 0.6) is 5.75 Å². The van der Waals surface area contributed by atoms with Gasteiger partial charge in [-0.2, -0.15) is 0 Å². The summed E-state index contributed by atoms with van der Waals surface area (Å²) in [7, 11) is 0. The standard InChI is InChI=1S/C34H24ClFN2O2S/c35-25-13-8-21(9-14-25)20-40-27-6-3-4-22(18-27)19-30-33(39)38-32(24-10-15-26(36)16-11-24)29-17-12-23-5-1-2-7-28(23)31(29)37-34(38)41-30/h1-11,13-16,18-19,32H,12,17,20H2/b30-19-/t32-/m0/s1. The molecule has 0 N–H and O–H groups in total. The minimum absolute atomic E-state index is 0.110. The number of rotatable bonds is 5. The van der Waals surface area contributed by atoms with E-state index in [1.54, 1.807) is 16.7 Å². The first kappa shape index (κ1) is 25.7. The van der Waals surface area contributed by atoms with E-state index < -0.39 is 0 Å². The molecule has 1 aromatic heterocycles. The fraction of sp³-hybridized carbons (Fsp3) is 0.118. The van der Waals surface area contributed by atoms with Crippen molar-refractivity contribution in [1.29, 1.82) is 0 Å². The van der Waals surface area contributed by atoms with Gasteiger partial charge in [-0.3, -0.25) is 9.36 Å². The Hall–Kier alpha value is -4.26. The second-order valence-corrected chi connectivity index (χ2v) is 11.6. The van der Waals surface area contributed by atoms with Gasteiger partial charge in [-0.25, -0.2) is 9.38 Å². The van der Waals surface area contributed by atoms with Gasteiger partial charge in [0.05, 0.1) is 16.3 Å². The summed E-state index contributed by atoms with van der Waals surface area (Å²) in [6.07, 6.45) is 3.54. The molecule has 0 radical (unpaired) electrons. The molecule has 0 fully saturated rings. The number of aryl methyl sites for hydroxylation is 1. The summed E-state index contributed by atoms with van der Waals surface area (Å²) in [5.74, 6) is 0.403. The first-order valence-electron chi connectivity index (χ1n) is 13.4. The Morgan fingerprint density at radius 1 is 0.976 bits per heavy atom. The van der Waals surface area contributed by atoms with E-state index in [9.17, 15) is 9.18 Å². The number of aromatic nitrogens is 1. The van der Waals surface area contributed by atoms with Crippen LogP contribution in [0, 0.1) is 5.82 Å². The number of hydrogen-bond donors (Lipinski definition) is 0. The van der Waals surface area contributed by atoms with Crippen LogP contribution in [0.2, 0.25) is 5.02 Å². The van der Waals surface area contributed by atoms with Crippen molar-refractivity contribution in [3.63, 3.8) is 0 Å². The van der Waals surface area contributed by atoms with Gasteiger partial charge in [-0.15, -0.1) is 0 Å². The molecule has 0 unspecified atom stereocenters. The Kier molecular flexibility index (Phi) is 6.65. The molecule has 0 saturated carbocycles. The summed E-state index contributed by atoms with van der Waals surface area (Å²) in [6, 6.07) is 29.7. The van der Waals surface area contributed by atoms with Crippen LogP contribution < -0.4 is 19.6 Å². The lowest BCUT2D eigenvalue weighted by Gasteiger charge is -2.30. The van der Waals surface area contributed by atoms with E-state index in [0.717, 1.165) is 46.4 Å². The second-order valence-electron chi connectivity index (χ2n) is 10.2. The molecule has 0 spiro atoms. The molecule has 4 nitrogen and oxygen atoms in total. The molecule has 5 aromatic rings. The zero-order valence-electron chi connectivity index (χ0n) is 21.9. The van der Waals surface area contributed by atoms with Crippen molar-refractivity contribution >= 4 is 34.7 Å². The maximum Gasteiger partial charge on any atom is 0.271 e. The summed E-state index contributed by atoms with van der Waals surface area (Å²) < 4.78 is 22.3. The average Bonchev–Trinajstić information content (AvgIpc) is 3.30. The highest BCUT2D eigenvalue weighted by molar-refractivity contribution is 7.07. The third kappa shape index (κ3) is 4.94. The number of nitrogens with zero attached hydrogens (tertiary/aromatic N) is 2. The van der Waals surface area contributed by atoms with Gasteiger partial charge in [0, 0.05) is 10.6 Å². The Bertz CT molecular complexity index is 1990. The maximum atomic E-state index is 14.0. The summed E-state index contributed by atoms with van der Waals surface area (Å²) >= 11 is 7.36. The van der Waals surface area contributed by atoms with E-state index in [2.05, 4.69) is 12.1 Å². The summed E-state index contributed by atoms with van der Waals surface area (Å²) in [5.41, 5.74) is 7.00. The van der Waals surface area contributed by atoms with Gasteiger partial charge in [0.2, 0.25) is 0 Å². The van der Waals surface area contributed by atoms with Crippen molar-refractivity contribution in [2.24, 2.45) is 4.99 Å². The largest absolute Gasteiger partial charge is 0.489 e. The number of hydrogen-bond acceptors (Lipinski definition) is 4. The van der Waals surface area contributed by atoms with E-state index >= 15 is 0 Å². The van der Waals surface area contributed by atoms with Gasteiger partial charge >= 0.3 is 0 Å². The van der Waals surface area contributed by atoms with Gasteiger partial charge in [0.25, 0.3) is 5.56 Å². The number of benzene rings is 4. The predicted octanol–water partition coefficient (Wildman–Crippen LogP) is 6.69. The molecular formula is C34H24ClFN2O2S. The molecule has 1 aliphatic heterocycles. The fourth-order valence-corrected chi connectivity index (χ4v) is 6.69. The van der Waals surface area contributed by atoms with Gasteiger partial charge in [0.15, 0.2) is 4.80 Å². The highest BCUT2D eigenvalue weighted by atomic mass is 35.5. The van der Waals surface area contributed by atoms with E-state index in [1.165, 1.54) is 29.0 Å². The quantitative estimate of drug-likeness (QED) is 0.233. The number of halogens is 2. The van der Waals surface area contributed by atoms with Crippen molar-refractivity contribution in [3.05, 3.63) is 161 Å². The number of ether oxygens (including phenoxy) is 1. The maximum absolute atomic E-state index is 14.0. The Morgan fingerprint density at radius 2 is 1.78 bits per heavy atom. The molecule has 1 aliphatic carbocycles. The zero-order valence-corrected chi connectivity index (χ0v) is 23.5. The highest BCUT2D eigenvalue weighted by Crippen LogP contribution is 2.41. The van der Waals surface area contributed by atoms with Crippen LogP contribution in [0.3, 0.4) is 0 Å². The number of thiazole rings is 1. The molecule has 41 heavy (non-hydrogen) atoms. The van der Waals surface area contributed by atoms with Crippen molar-refractivity contribution in [1.82, 2.24) is 4.57 Å². The summed E-state index contributed by atoms with van der Waals surface area (Å²) in [6.45, 7) is 0.410. The first-order valence-corrected chi connectivity index (χ1v) is 14.6. The molecule has 202 valence electrons. The SMILES string of the molecule is O=c1/c(=C/c2cccc(OCc3ccc(Cl)cc3)c2)sc2n1[C@@H](c1ccc(F)cc1)C1=C(N=2)c2ccccc2CC1. The molecule has 0 amide bonds. The Labute approximate surface area is 245 Å². The minimum atomic E-state index is -0.341. The van der Waals surface area contributed by atoms with E-state index in [0.29, 0.717) is 26.7 Å². The monoisotopic (exact) mass is 578 g/mol. The lowest BCUT2D eigenvalue weighted by atomic mass is 9.83. The van der Waals surface area contributed by atoms with Gasteiger partial charge in [-0.1, -0.05) is 83.6 Å². The summed E-state index contributed by atoms with van der Waals surface area (Å²) in [5, 5.41) is 0.684. The smallest absolute Gasteiger partial charge is 0.271 e. The lowest BCUT2D eigenvalue weighted by molar-refractivity contribution is 0.306. The molecule has 2 aliphatic rings. The highest BCUT2D eigenvalue weighted by Gasteiger charge is 2.32. The number of allylic oxidation sites excluding steroid dienone is 1. The van der Waals surface area contributed by atoms with Crippen LogP contribution >= 0.6 is 22.9 Å². The van der Waals surface area contributed by atoms with Crippen molar-refractivity contribution in [2.45, 2.75) is 25.5 Å². The van der Waals surface area contributed by atoms with E-state index in [1.807, 2.05) is 66.7 Å². The Morgan fingerprint density at radius 3 is 2.61 bits per heavy atom. The van der Waals surface area contributed by atoms with Gasteiger partial charge in [0.1, 0.15) is 18.2 Å².